The van der Waals surface area contributed by atoms with Crippen molar-refractivity contribution in [1.29, 1.82) is 0 Å². The highest BCUT2D eigenvalue weighted by molar-refractivity contribution is 9.10. The van der Waals surface area contributed by atoms with E-state index in [0.717, 1.165) is 5.56 Å². The predicted molar refractivity (Wildman–Crippen MR) is 66.0 cm³/mol. The molecule has 0 aliphatic rings. The average Bonchev–Trinajstić information content (AvgIpc) is 2.62. The fourth-order valence-electron chi connectivity index (χ4n) is 1.29. The van der Waals surface area contributed by atoms with Gasteiger partial charge in [-0.05, 0) is 35.3 Å². The van der Waals surface area contributed by atoms with Crippen LogP contribution in [0.15, 0.2) is 15.2 Å². The molecule has 0 saturated heterocycles. The Bertz CT molecular complexity index is 364. The normalized spacial score (nSPS) is 10.5. The van der Waals surface area contributed by atoms with Gasteiger partial charge in [0.2, 0.25) is 0 Å². The molecule has 1 aromatic rings. The third kappa shape index (κ3) is 4.89. The van der Waals surface area contributed by atoms with Crippen LogP contribution in [0.5, 0.6) is 0 Å². The van der Waals surface area contributed by atoms with E-state index in [1.807, 2.05) is 6.92 Å². The molecule has 0 radical (unpaired) electrons. The minimum absolute atomic E-state index is 0.0198. The molecule has 17 heavy (non-hydrogen) atoms. The minimum Gasteiger partial charge on any atom is -0.444 e. The van der Waals surface area contributed by atoms with Crippen molar-refractivity contribution in [3.8, 4) is 0 Å². The molecule has 0 aliphatic carbocycles. The molecule has 1 aromatic heterocycles. The van der Waals surface area contributed by atoms with Gasteiger partial charge in [-0.25, -0.2) is 0 Å². The van der Waals surface area contributed by atoms with Crippen LogP contribution < -0.4 is 5.32 Å². The van der Waals surface area contributed by atoms with Crippen LogP contribution in [-0.2, 0) is 4.74 Å². The third-order valence-electron chi connectivity index (χ3n) is 2.08. The predicted octanol–water partition coefficient (Wildman–Crippen LogP) is 1.48. The first-order valence-corrected chi connectivity index (χ1v) is 6.17. The van der Waals surface area contributed by atoms with Crippen LogP contribution in [0.1, 0.15) is 22.5 Å². The highest BCUT2D eigenvalue weighted by atomic mass is 79.9. The van der Waals surface area contributed by atoms with Crippen LogP contribution in [0.4, 0.5) is 0 Å². The Labute approximate surface area is 108 Å². The van der Waals surface area contributed by atoms with Crippen molar-refractivity contribution in [2.45, 2.75) is 13.3 Å². The van der Waals surface area contributed by atoms with Gasteiger partial charge >= 0.3 is 0 Å². The number of carbonyl (C=O) groups is 1. The standard InChI is InChI=1S/C11H16BrNO4/c1-8-7-9(12)17-10(8)11(15)13-3-2-5-16-6-4-14/h7,14H,2-6H2,1H3,(H,13,15). The topological polar surface area (TPSA) is 71.7 Å². The van der Waals surface area contributed by atoms with E-state index in [0.29, 0.717) is 36.6 Å². The second-order valence-corrected chi connectivity index (χ2v) is 4.29. The van der Waals surface area contributed by atoms with Gasteiger partial charge in [0.15, 0.2) is 10.4 Å². The van der Waals surface area contributed by atoms with E-state index in [1.165, 1.54) is 0 Å². The zero-order valence-electron chi connectivity index (χ0n) is 9.66. The molecule has 6 heteroatoms. The molecule has 1 heterocycles. The first kappa shape index (κ1) is 14.2. The number of nitrogens with one attached hydrogen (secondary N) is 1. The molecule has 0 saturated carbocycles. The van der Waals surface area contributed by atoms with Crippen LogP contribution in [-0.4, -0.2) is 37.4 Å². The first-order chi connectivity index (χ1) is 8.15. The summed E-state index contributed by atoms with van der Waals surface area (Å²) in [4.78, 5) is 11.7. The molecule has 0 fully saturated rings. The Morgan fingerprint density at radius 1 is 1.59 bits per heavy atom. The lowest BCUT2D eigenvalue weighted by atomic mass is 10.2. The zero-order valence-corrected chi connectivity index (χ0v) is 11.2. The largest absolute Gasteiger partial charge is 0.444 e. The molecule has 0 spiro atoms. The number of amides is 1. The van der Waals surface area contributed by atoms with Crippen molar-refractivity contribution >= 4 is 21.8 Å². The molecule has 0 unspecified atom stereocenters. The van der Waals surface area contributed by atoms with Gasteiger partial charge in [-0.1, -0.05) is 0 Å². The quantitative estimate of drug-likeness (QED) is 0.749. The Morgan fingerprint density at radius 3 is 2.94 bits per heavy atom. The van der Waals surface area contributed by atoms with Crippen molar-refractivity contribution < 1.29 is 19.1 Å². The van der Waals surface area contributed by atoms with E-state index in [9.17, 15) is 4.79 Å². The summed E-state index contributed by atoms with van der Waals surface area (Å²) in [5, 5.41) is 11.2. The monoisotopic (exact) mass is 305 g/mol. The summed E-state index contributed by atoms with van der Waals surface area (Å²) in [6, 6.07) is 1.75. The lowest BCUT2D eigenvalue weighted by molar-refractivity contribution is 0.0854. The number of aliphatic hydroxyl groups excluding tert-OH is 1. The van der Waals surface area contributed by atoms with Crippen molar-refractivity contribution in [1.82, 2.24) is 5.32 Å². The van der Waals surface area contributed by atoms with Crippen LogP contribution in [0.2, 0.25) is 0 Å². The van der Waals surface area contributed by atoms with Gasteiger partial charge < -0.3 is 19.6 Å². The smallest absolute Gasteiger partial charge is 0.287 e. The van der Waals surface area contributed by atoms with Crippen molar-refractivity contribution in [3.63, 3.8) is 0 Å². The van der Waals surface area contributed by atoms with Crippen LogP contribution >= 0.6 is 15.9 Å². The molecular formula is C11H16BrNO4. The van der Waals surface area contributed by atoms with E-state index in [1.54, 1.807) is 6.07 Å². The number of furan rings is 1. The summed E-state index contributed by atoms with van der Waals surface area (Å²) >= 11 is 3.17. The molecule has 2 N–H and O–H groups in total. The van der Waals surface area contributed by atoms with Crippen LogP contribution in [0.25, 0.3) is 0 Å². The summed E-state index contributed by atoms with van der Waals surface area (Å²) in [6.45, 7) is 3.20. The van der Waals surface area contributed by atoms with E-state index >= 15 is 0 Å². The second-order valence-electron chi connectivity index (χ2n) is 3.51. The summed E-state index contributed by atoms with van der Waals surface area (Å²) in [5.41, 5.74) is 0.797. The number of rotatable bonds is 7. The second kappa shape index (κ2) is 7.47. The van der Waals surface area contributed by atoms with Gasteiger partial charge in [-0.3, -0.25) is 4.79 Å². The first-order valence-electron chi connectivity index (χ1n) is 5.38. The van der Waals surface area contributed by atoms with Gasteiger partial charge in [-0.2, -0.15) is 0 Å². The number of hydrogen-bond donors (Lipinski definition) is 2. The highest BCUT2D eigenvalue weighted by Crippen LogP contribution is 2.19. The Morgan fingerprint density at radius 2 is 2.35 bits per heavy atom. The minimum atomic E-state index is -0.227. The number of carbonyl (C=O) groups excluding carboxylic acids is 1. The Balaban J connectivity index is 2.23. The number of aliphatic hydroxyl groups is 1. The van der Waals surface area contributed by atoms with Gasteiger partial charge in [0, 0.05) is 18.7 Å². The van der Waals surface area contributed by atoms with E-state index in [4.69, 9.17) is 14.3 Å². The molecule has 5 nitrogen and oxygen atoms in total. The Kier molecular flexibility index (Phi) is 6.25. The molecule has 1 rings (SSSR count). The molecule has 0 aromatic carbocycles. The summed E-state index contributed by atoms with van der Waals surface area (Å²) in [6.07, 6.45) is 0.701. The fourth-order valence-corrected chi connectivity index (χ4v) is 1.80. The molecule has 0 bridgehead atoms. The van der Waals surface area contributed by atoms with Crippen LogP contribution in [0, 0.1) is 6.92 Å². The van der Waals surface area contributed by atoms with E-state index in [2.05, 4.69) is 21.2 Å². The van der Waals surface area contributed by atoms with Crippen molar-refractivity contribution in [2.75, 3.05) is 26.4 Å². The van der Waals surface area contributed by atoms with Gasteiger partial charge in [-0.15, -0.1) is 0 Å². The molecule has 0 aliphatic heterocycles. The third-order valence-corrected chi connectivity index (χ3v) is 2.47. The van der Waals surface area contributed by atoms with Crippen molar-refractivity contribution in [3.05, 3.63) is 22.1 Å². The maximum absolute atomic E-state index is 11.7. The molecule has 1 amide bonds. The SMILES string of the molecule is Cc1cc(Br)oc1C(=O)NCCCOCCO. The maximum Gasteiger partial charge on any atom is 0.287 e. The molecule has 0 atom stereocenters. The van der Waals surface area contributed by atoms with Gasteiger partial charge in [0.25, 0.3) is 5.91 Å². The highest BCUT2D eigenvalue weighted by Gasteiger charge is 2.13. The van der Waals surface area contributed by atoms with Gasteiger partial charge in [0.05, 0.1) is 13.2 Å². The van der Waals surface area contributed by atoms with Crippen LogP contribution in [0.3, 0.4) is 0 Å². The van der Waals surface area contributed by atoms with E-state index in [-0.39, 0.29) is 12.5 Å². The average molecular weight is 306 g/mol. The number of hydrogen-bond acceptors (Lipinski definition) is 4. The lowest BCUT2D eigenvalue weighted by Gasteiger charge is -2.04. The zero-order chi connectivity index (χ0) is 12.7. The molecular weight excluding hydrogens is 290 g/mol. The summed E-state index contributed by atoms with van der Waals surface area (Å²) in [7, 11) is 0. The summed E-state index contributed by atoms with van der Waals surface area (Å²) in [5.74, 6) is 0.100. The molecule has 96 valence electrons. The number of aryl methyl sites for hydroxylation is 1. The fraction of sp³-hybridized carbons (Fsp3) is 0.545. The van der Waals surface area contributed by atoms with Gasteiger partial charge in [0.1, 0.15) is 0 Å². The lowest BCUT2D eigenvalue weighted by Crippen LogP contribution is -2.25. The van der Waals surface area contributed by atoms with E-state index < -0.39 is 0 Å². The Hall–Kier alpha value is -0.850. The van der Waals surface area contributed by atoms with Crippen molar-refractivity contribution in [2.24, 2.45) is 0 Å². The number of halogens is 1. The summed E-state index contributed by atoms with van der Waals surface area (Å²) < 4.78 is 10.8. The number of ether oxygens (including phenoxy) is 1. The maximum atomic E-state index is 11.7.